The van der Waals surface area contributed by atoms with E-state index in [0.29, 0.717) is 5.75 Å². The summed E-state index contributed by atoms with van der Waals surface area (Å²) in [5.74, 6) is 0.623. The van der Waals surface area contributed by atoms with Crippen LogP contribution in [-0.4, -0.2) is 25.6 Å². The zero-order chi connectivity index (χ0) is 20.5. The van der Waals surface area contributed by atoms with Gasteiger partial charge < -0.3 is 14.2 Å². The van der Waals surface area contributed by atoms with Crippen LogP contribution in [0, 0.1) is 10.1 Å². The molecule has 0 unspecified atom stereocenters. The normalized spacial score (nSPS) is 11.0. The van der Waals surface area contributed by atoms with Crippen molar-refractivity contribution in [3.05, 3.63) is 80.9 Å². The number of hydrogen-bond acceptors (Lipinski definition) is 5. The molecule has 0 heterocycles. The third kappa shape index (κ3) is 6.33. The van der Waals surface area contributed by atoms with Gasteiger partial charge in [0.25, 0.3) is 5.69 Å². The van der Waals surface area contributed by atoms with E-state index in [2.05, 4.69) is 19.9 Å². The topological polar surface area (TPSA) is 70.8 Å². The number of benzene rings is 2. The lowest BCUT2D eigenvalue weighted by Crippen LogP contribution is -2.20. The predicted octanol–water partition coefficient (Wildman–Crippen LogP) is 5.23. The Bertz CT molecular complexity index is 848. The molecule has 0 bridgehead atoms. The lowest BCUT2D eigenvalue weighted by molar-refractivity contribution is -0.384. The zero-order valence-corrected chi connectivity index (χ0v) is 16.5. The maximum absolute atomic E-state index is 10.8. The fourth-order valence-corrected chi connectivity index (χ4v) is 2.50. The van der Waals surface area contributed by atoms with Crippen molar-refractivity contribution in [2.75, 3.05) is 14.2 Å². The van der Waals surface area contributed by atoms with E-state index in [-0.39, 0.29) is 5.69 Å². The van der Waals surface area contributed by atoms with Crippen LogP contribution in [-0.2, 0) is 15.9 Å². The second-order valence-electron chi connectivity index (χ2n) is 6.41. The van der Waals surface area contributed by atoms with Crippen LogP contribution in [0.3, 0.4) is 0 Å². The first-order chi connectivity index (χ1) is 13.4. The van der Waals surface area contributed by atoms with Crippen molar-refractivity contribution in [3.8, 4) is 5.75 Å². The summed E-state index contributed by atoms with van der Waals surface area (Å²) >= 11 is 0. The second-order valence-corrected chi connectivity index (χ2v) is 6.41. The van der Waals surface area contributed by atoms with Crippen LogP contribution in [0.2, 0.25) is 0 Å². The quantitative estimate of drug-likeness (QED) is 0.195. The van der Waals surface area contributed by atoms with Crippen molar-refractivity contribution < 1.29 is 19.1 Å². The van der Waals surface area contributed by atoms with Gasteiger partial charge in [-0.2, -0.15) is 0 Å². The first kappa shape index (κ1) is 21.3. The highest BCUT2D eigenvalue weighted by Crippen LogP contribution is 2.23. The zero-order valence-electron chi connectivity index (χ0n) is 16.5. The molecular formula is C22H25NO5. The number of methoxy groups -OCH3 is 2. The number of nitro benzene ring substituents is 1. The highest BCUT2D eigenvalue weighted by atomic mass is 16.8. The van der Waals surface area contributed by atoms with E-state index in [1.165, 1.54) is 31.9 Å². The summed E-state index contributed by atoms with van der Waals surface area (Å²) in [5, 5.41) is 10.8. The van der Waals surface area contributed by atoms with Crippen molar-refractivity contribution >= 4 is 17.8 Å². The number of rotatable bonds is 9. The summed E-state index contributed by atoms with van der Waals surface area (Å²) in [7, 11) is 3.01. The molecule has 0 aromatic heterocycles. The summed E-state index contributed by atoms with van der Waals surface area (Å²) in [6.45, 7) is 3.34. The fraction of sp³-hybridized carbons (Fsp3) is 0.273. The molecule has 0 radical (unpaired) electrons. The molecular weight excluding hydrogens is 358 g/mol. The third-order valence-corrected chi connectivity index (χ3v) is 4.02. The predicted molar refractivity (Wildman–Crippen MR) is 110 cm³/mol. The third-order valence-electron chi connectivity index (χ3n) is 4.02. The standard InChI is InChI=1S/C22H25NO5/c1-16(2)5-9-18-11-14-21(28-22(26-3)27-4)15-19(18)10-6-17-7-12-20(13-8-17)23(24)25/h5-8,10-15,22H,9H2,1-4H3. The molecule has 2 aromatic carbocycles. The highest BCUT2D eigenvalue weighted by molar-refractivity contribution is 5.72. The lowest BCUT2D eigenvalue weighted by Gasteiger charge is -2.16. The maximum atomic E-state index is 10.8. The van der Waals surface area contributed by atoms with E-state index >= 15 is 0 Å². The van der Waals surface area contributed by atoms with Gasteiger partial charge in [-0.25, -0.2) is 0 Å². The van der Waals surface area contributed by atoms with Crippen LogP contribution < -0.4 is 4.74 Å². The van der Waals surface area contributed by atoms with Gasteiger partial charge in [0.05, 0.1) is 4.92 Å². The van der Waals surface area contributed by atoms with Gasteiger partial charge in [-0.1, -0.05) is 29.9 Å². The smallest absolute Gasteiger partial charge is 0.315 e. The molecule has 0 aliphatic heterocycles. The van der Waals surface area contributed by atoms with Crippen LogP contribution in [0.5, 0.6) is 5.75 Å². The van der Waals surface area contributed by atoms with E-state index in [1.807, 2.05) is 30.4 Å². The van der Waals surface area contributed by atoms with Gasteiger partial charge in [-0.15, -0.1) is 0 Å². The molecule has 0 saturated heterocycles. The number of allylic oxidation sites excluding steroid dienone is 2. The first-order valence-corrected chi connectivity index (χ1v) is 8.84. The van der Waals surface area contributed by atoms with Crippen LogP contribution >= 0.6 is 0 Å². The highest BCUT2D eigenvalue weighted by Gasteiger charge is 2.09. The van der Waals surface area contributed by atoms with Crippen LogP contribution in [0.15, 0.2) is 54.1 Å². The lowest BCUT2D eigenvalue weighted by atomic mass is 10.0. The number of non-ortho nitro benzene ring substituents is 1. The SMILES string of the molecule is COC(OC)Oc1ccc(CC=C(C)C)c(C=Cc2ccc([N+](=O)[O-])cc2)c1. The molecule has 0 spiro atoms. The van der Waals surface area contributed by atoms with E-state index in [1.54, 1.807) is 12.1 Å². The van der Waals surface area contributed by atoms with Gasteiger partial charge in [0.2, 0.25) is 0 Å². The van der Waals surface area contributed by atoms with Gasteiger partial charge >= 0.3 is 6.48 Å². The summed E-state index contributed by atoms with van der Waals surface area (Å²) < 4.78 is 15.8. The Morgan fingerprint density at radius 3 is 2.32 bits per heavy atom. The Labute approximate surface area is 165 Å². The number of ether oxygens (including phenoxy) is 3. The monoisotopic (exact) mass is 383 g/mol. The molecule has 0 aliphatic rings. The molecule has 6 heteroatoms. The second kappa shape index (κ2) is 10.4. The van der Waals surface area contributed by atoms with Gasteiger partial charge in [0, 0.05) is 26.4 Å². The minimum absolute atomic E-state index is 0.0713. The Kier molecular flexibility index (Phi) is 7.92. The first-order valence-electron chi connectivity index (χ1n) is 8.84. The Morgan fingerprint density at radius 2 is 1.75 bits per heavy atom. The summed E-state index contributed by atoms with van der Waals surface area (Å²) in [6, 6.07) is 12.2. The molecule has 0 aliphatic carbocycles. The number of nitro groups is 1. The largest absolute Gasteiger partial charge is 0.441 e. The number of nitrogens with zero attached hydrogens (tertiary/aromatic N) is 1. The Hall–Kier alpha value is -2.96. The van der Waals surface area contributed by atoms with E-state index in [0.717, 1.165) is 23.1 Å². The molecule has 28 heavy (non-hydrogen) atoms. The van der Waals surface area contributed by atoms with E-state index in [9.17, 15) is 10.1 Å². The van der Waals surface area contributed by atoms with Crippen LogP contribution in [0.1, 0.15) is 30.5 Å². The van der Waals surface area contributed by atoms with Gasteiger partial charge in [0.15, 0.2) is 0 Å². The molecule has 2 rings (SSSR count). The van der Waals surface area contributed by atoms with Crippen LogP contribution in [0.4, 0.5) is 5.69 Å². The summed E-state index contributed by atoms with van der Waals surface area (Å²) in [6.07, 6.45) is 6.84. The molecule has 6 nitrogen and oxygen atoms in total. The van der Waals surface area contributed by atoms with E-state index < -0.39 is 11.4 Å². The van der Waals surface area contributed by atoms with Crippen molar-refractivity contribution in [2.24, 2.45) is 0 Å². The Morgan fingerprint density at radius 1 is 1.07 bits per heavy atom. The molecule has 0 fully saturated rings. The molecule has 0 atom stereocenters. The average molecular weight is 383 g/mol. The van der Waals surface area contributed by atoms with Crippen molar-refractivity contribution in [1.29, 1.82) is 0 Å². The van der Waals surface area contributed by atoms with Crippen molar-refractivity contribution in [2.45, 2.75) is 26.7 Å². The Balaban J connectivity index is 2.30. The van der Waals surface area contributed by atoms with Crippen LogP contribution in [0.25, 0.3) is 12.2 Å². The van der Waals surface area contributed by atoms with E-state index in [4.69, 9.17) is 14.2 Å². The minimum Gasteiger partial charge on any atom is -0.441 e. The summed E-state index contributed by atoms with van der Waals surface area (Å²) in [5.41, 5.74) is 4.31. The van der Waals surface area contributed by atoms with Gasteiger partial charge in [0.1, 0.15) is 5.75 Å². The van der Waals surface area contributed by atoms with Gasteiger partial charge in [-0.3, -0.25) is 10.1 Å². The van der Waals surface area contributed by atoms with Crippen molar-refractivity contribution in [1.82, 2.24) is 0 Å². The average Bonchev–Trinajstić information content (AvgIpc) is 2.69. The molecule has 0 saturated carbocycles. The molecule has 0 N–H and O–H groups in total. The minimum atomic E-state index is -0.782. The molecule has 2 aromatic rings. The molecule has 148 valence electrons. The maximum Gasteiger partial charge on any atom is 0.315 e. The fourth-order valence-electron chi connectivity index (χ4n) is 2.50. The molecule has 0 amide bonds. The van der Waals surface area contributed by atoms with Gasteiger partial charge in [-0.05, 0) is 61.2 Å². The number of hydrogen-bond donors (Lipinski definition) is 0. The summed E-state index contributed by atoms with van der Waals surface area (Å²) in [4.78, 5) is 10.4. The van der Waals surface area contributed by atoms with Crippen molar-refractivity contribution in [3.63, 3.8) is 0 Å².